The van der Waals surface area contributed by atoms with Crippen LogP contribution in [0.15, 0.2) is 12.1 Å². The van der Waals surface area contributed by atoms with Crippen LogP contribution in [0.5, 0.6) is 17.2 Å². The highest BCUT2D eigenvalue weighted by Gasteiger charge is 2.12. The van der Waals surface area contributed by atoms with Crippen LogP contribution in [0.25, 0.3) is 0 Å². The number of rotatable bonds is 4. The monoisotopic (exact) mass is 288 g/mol. The lowest BCUT2D eigenvalue weighted by Gasteiger charge is -2.13. The standard InChI is InChI=1S/C10H14O4.3C2H6/c1-12-8-4-7(6-11)5-9(13-2)10(8)14-3;3*1-2/h4-5,11H,6H2,1-3H3;3*1-2H3. The van der Waals surface area contributed by atoms with E-state index in [1.165, 1.54) is 0 Å². The Morgan fingerprint density at radius 2 is 1.10 bits per heavy atom. The van der Waals surface area contributed by atoms with Crippen LogP contribution < -0.4 is 14.2 Å². The van der Waals surface area contributed by atoms with Gasteiger partial charge in [-0.2, -0.15) is 0 Å². The van der Waals surface area contributed by atoms with Crippen molar-refractivity contribution in [1.29, 1.82) is 0 Å². The predicted molar refractivity (Wildman–Crippen MR) is 86.1 cm³/mol. The van der Waals surface area contributed by atoms with E-state index in [0.29, 0.717) is 17.2 Å². The molecule has 0 heterocycles. The number of ether oxygens (including phenoxy) is 3. The Kier molecular flexibility index (Phi) is 20.8. The molecule has 1 aromatic carbocycles. The molecule has 4 heteroatoms. The van der Waals surface area contributed by atoms with Gasteiger partial charge in [0.05, 0.1) is 27.9 Å². The van der Waals surface area contributed by atoms with Crippen molar-refractivity contribution in [2.75, 3.05) is 21.3 Å². The molecule has 4 nitrogen and oxygen atoms in total. The summed E-state index contributed by atoms with van der Waals surface area (Å²) in [6.07, 6.45) is 0. The average Bonchev–Trinajstić information content (AvgIpc) is 2.58. The summed E-state index contributed by atoms with van der Waals surface area (Å²) in [5.74, 6) is 1.64. The highest BCUT2D eigenvalue weighted by Crippen LogP contribution is 2.38. The first kappa shape index (κ1) is 23.7. The fourth-order valence-corrected chi connectivity index (χ4v) is 1.23. The van der Waals surface area contributed by atoms with E-state index in [0.717, 1.165) is 5.56 Å². The van der Waals surface area contributed by atoms with Gasteiger partial charge in [0.2, 0.25) is 5.75 Å². The highest BCUT2D eigenvalue weighted by atomic mass is 16.5. The van der Waals surface area contributed by atoms with Crippen LogP contribution in [0.4, 0.5) is 0 Å². The fourth-order valence-electron chi connectivity index (χ4n) is 1.23. The average molecular weight is 288 g/mol. The van der Waals surface area contributed by atoms with Gasteiger partial charge in [-0.1, -0.05) is 41.5 Å². The van der Waals surface area contributed by atoms with Gasteiger partial charge in [-0.05, 0) is 17.7 Å². The summed E-state index contributed by atoms with van der Waals surface area (Å²) in [7, 11) is 4.62. The van der Waals surface area contributed by atoms with Crippen LogP contribution in [0, 0.1) is 0 Å². The minimum absolute atomic E-state index is 0.0588. The first-order valence-corrected chi connectivity index (χ1v) is 7.16. The maximum absolute atomic E-state index is 8.99. The lowest BCUT2D eigenvalue weighted by atomic mass is 10.2. The molecule has 0 amide bonds. The molecule has 0 aliphatic rings. The molecule has 1 aromatic rings. The molecule has 120 valence electrons. The first-order chi connectivity index (χ1) is 9.76. The molecule has 0 aliphatic carbocycles. The van der Waals surface area contributed by atoms with Crippen LogP contribution in [0.3, 0.4) is 0 Å². The number of aliphatic hydroxyl groups excluding tert-OH is 1. The van der Waals surface area contributed by atoms with E-state index in [9.17, 15) is 0 Å². The molecule has 0 aromatic heterocycles. The minimum Gasteiger partial charge on any atom is -0.493 e. The Morgan fingerprint density at radius 1 is 0.750 bits per heavy atom. The number of hydrogen-bond donors (Lipinski definition) is 1. The molecule has 0 saturated carbocycles. The van der Waals surface area contributed by atoms with Gasteiger partial charge in [-0.15, -0.1) is 0 Å². The second-order valence-corrected chi connectivity index (χ2v) is 2.69. The van der Waals surface area contributed by atoms with Gasteiger partial charge in [0.1, 0.15) is 0 Å². The van der Waals surface area contributed by atoms with Gasteiger partial charge in [0.15, 0.2) is 11.5 Å². The van der Waals surface area contributed by atoms with Crippen molar-refractivity contribution in [3.05, 3.63) is 17.7 Å². The fraction of sp³-hybridized carbons (Fsp3) is 0.625. The smallest absolute Gasteiger partial charge is 0.203 e. The minimum atomic E-state index is -0.0588. The lowest BCUT2D eigenvalue weighted by molar-refractivity contribution is 0.277. The van der Waals surface area contributed by atoms with Crippen molar-refractivity contribution in [3.63, 3.8) is 0 Å². The molecule has 0 aliphatic heterocycles. The summed E-state index contributed by atoms with van der Waals surface area (Å²) in [4.78, 5) is 0. The van der Waals surface area contributed by atoms with Crippen LogP contribution in [-0.2, 0) is 6.61 Å². The number of methoxy groups -OCH3 is 3. The maximum Gasteiger partial charge on any atom is 0.203 e. The number of aliphatic hydroxyl groups is 1. The van der Waals surface area contributed by atoms with E-state index in [-0.39, 0.29) is 6.61 Å². The maximum atomic E-state index is 8.99. The van der Waals surface area contributed by atoms with Crippen molar-refractivity contribution in [2.45, 2.75) is 48.1 Å². The quantitative estimate of drug-likeness (QED) is 0.898. The lowest BCUT2D eigenvalue weighted by Crippen LogP contribution is -1.96. The normalized spacial score (nSPS) is 7.70. The zero-order valence-electron chi connectivity index (χ0n) is 14.5. The summed E-state index contributed by atoms with van der Waals surface area (Å²) in [5, 5.41) is 8.99. The Labute approximate surface area is 124 Å². The molecular weight excluding hydrogens is 256 g/mol. The molecule has 0 radical (unpaired) electrons. The summed E-state index contributed by atoms with van der Waals surface area (Å²) in [6, 6.07) is 3.42. The molecule has 1 rings (SSSR count). The summed E-state index contributed by atoms with van der Waals surface area (Å²) in [5.41, 5.74) is 0.722. The van der Waals surface area contributed by atoms with Crippen LogP contribution >= 0.6 is 0 Å². The Morgan fingerprint density at radius 3 is 1.30 bits per heavy atom. The number of hydrogen-bond acceptors (Lipinski definition) is 4. The third-order valence-corrected chi connectivity index (χ3v) is 1.91. The molecule has 0 fully saturated rings. The number of benzene rings is 1. The molecule has 0 spiro atoms. The van der Waals surface area contributed by atoms with E-state index in [1.807, 2.05) is 41.5 Å². The van der Waals surface area contributed by atoms with E-state index in [4.69, 9.17) is 19.3 Å². The largest absolute Gasteiger partial charge is 0.493 e. The van der Waals surface area contributed by atoms with E-state index in [2.05, 4.69) is 0 Å². The molecule has 20 heavy (non-hydrogen) atoms. The van der Waals surface area contributed by atoms with Gasteiger partial charge >= 0.3 is 0 Å². The summed E-state index contributed by atoms with van der Waals surface area (Å²) >= 11 is 0. The van der Waals surface area contributed by atoms with Crippen LogP contribution in [-0.4, -0.2) is 26.4 Å². The highest BCUT2D eigenvalue weighted by molar-refractivity contribution is 5.53. The van der Waals surface area contributed by atoms with Crippen molar-refractivity contribution in [3.8, 4) is 17.2 Å². The zero-order valence-corrected chi connectivity index (χ0v) is 14.5. The Hall–Kier alpha value is -1.42. The second kappa shape index (κ2) is 17.6. The third-order valence-electron chi connectivity index (χ3n) is 1.91. The van der Waals surface area contributed by atoms with Gasteiger partial charge in [-0.3, -0.25) is 0 Å². The van der Waals surface area contributed by atoms with E-state index >= 15 is 0 Å². The summed E-state index contributed by atoms with van der Waals surface area (Å²) in [6.45, 7) is 11.9. The topological polar surface area (TPSA) is 47.9 Å². The van der Waals surface area contributed by atoms with Gasteiger partial charge in [-0.25, -0.2) is 0 Å². The first-order valence-electron chi connectivity index (χ1n) is 7.16. The Balaban J connectivity index is -0.000000425. The second-order valence-electron chi connectivity index (χ2n) is 2.69. The molecule has 0 saturated heterocycles. The van der Waals surface area contributed by atoms with Gasteiger partial charge in [0.25, 0.3) is 0 Å². The van der Waals surface area contributed by atoms with Gasteiger partial charge < -0.3 is 19.3 Å². The van der Waals surface area contributed by atoms with Crippen molar-refractivity contribution in [2.24, 2.45) is 0 Å². The summed E-state index contributed by atoms with van der Waals surface area (Å²) < 4.78 is 15.3. The molecule has 1 N–H and O–H groups in total. The third kappa shape index (κ3) is 7.89. The van der Waals surface area contributed by atoms with E-state index in [1.54, 1.807) is 33.5 Å². The van der Waals surface area contributed by atoms with Crippen molar-refractivity contribution < 1.29 is 19.3 Å². The van der Waals surface area contributed by atoms with Crippen LogP contribution in [0.2, 0.25) is 0 Å². The SMILES string of the molecule is CC.CC.CC.COc1cc(CO)cc(OC)c1OC. The molecule has 0 bridgehead atoms. The van der Waals surface area contributed by atoms with Gasteiger partial charge in [0, 0.05) is 0 Å². The molecule has 0 atom stereocenters. The predicted octanol–water partition coefficient (Wildman–Crippen LogP) is 4.28. The van der Waals surface area contributed by atoms with Crippen molar-refractivity contribution in [1.82, 2.24) is 0 Å². The molecular formula is C16H32O4. The van der Waals surface area contributed by atoms with Crippen molar-refractivity contribution >= 4 is 0 Å². The zero-order chi connectivity index (χ0) is 16.6. The molecule has 0 unspecified atom stereocenters. The van der Waals surface area contributed by atoms with E-state index < -0.39 is 0 Å². The van der Waals surface area contributed by atoms with Crippen LogP contribution in [0.1, 0.15) is 47.1 Å². The Bertz CT molecular complexity index is 286.